The molecule has 0 atom stereocenters. The Morgan fingerprint density at radius 2 is 1.78 bits per heavy atom. The van der Waals surface area contributed by atoms with Crippen molar-refractivity contribution >= 4 is 5.95 Å². The van der Waals surface area contributed by atoms with Gasteiger partial charge in [-0.2, -0.15) is 5.26 Å². The van der Waals surface area contributed by atoms with Gasteiger partial charge in [0.05, 0.1) is 5.56 Å². The molecule has 0 unspecified atom stereocenters. The average molecular weight is 309 g/mol. The molecule has 3 rings (SSSR count). The van der Waals surface area contributed by atoms with Crippen LogP contribution in [-0.4, -0.2) is 54.2 Å². The minimum absolute atomic E-state index is 0.582. The first-order valence-electron chi connectivity index (χ1n) is 7.73. The first kappa shape index (κ1) is 15.3. The van der Waals surface area contributed by atoms with E-state index in [1.54, 1.807) is 18.5 Å². The van der Waals surface area contributed by atoms with E-state index in [1.807, 2.05) is 24.3 Å². The maximum Gasteiger partial charge on any atom is 0.225 e. The van der Waals surface area contributed by atoms with Crippen LogP contribution in [0.4, 0.5) is 5.95 Å². The van der Waals surface area contributed by atoms with Crippen LogP contribution in [0, 0.1) is 11.3 Å². The molecule has 0 aliphatic carbocycles. The van der Waals surface area contributed by atoms with Gasteiger partial charge >= 0.3 is 0 Å². The van der Waals surface area contributed by atoms with Crippen LogP contribution in [0.2, 0.25) is 0 Å². The minimum atomic E-state index is 0.582. The Morgan fingerprint density at radius 3 is 2.52 bits per heavy atom. The largest absolute Gasteiger partial charge is 0.491 e. The average Bonchev–Trinajstić information content (AvgIpc) is 2.63. The van der Waals surface area contributed by atoms with Crippen LogP contribution in [0.5, 0.6) is 5.75 Å². The first-order valence-corrected chi connectivity index (χ1v) is 7.73. The number of piperazine rings is 1. The van der Waals surface area contributed by atoms with Crippen molar-refractivity contribution in [2.24, 2.45) is 0 Å². The molecular weight excluding hydrogens is 290 g/mol. The Kier molecular flexibility index (Phi) is 5.02. The molecule has 2 heterocycles. The summed E-state index contributed by atoms with van der Waals surface area (Å²) in [4.78, 5) is 13.1. The second kappa shape index (κ2) is 7.56. The summed E-state index contributed by atoms with van der Waals surface area (Å²) in [6, 6.07) is 11.3. The highest BCUT2D eigenvalue weighted by Gasteiger charge is 2.18. The quantitative estimate of drug-likeness (QED) is 0.835. The number of hydrogen-bond acceptors (Lipinski definition) is 6. The van der Waals surface area contributed by atoms with Crippen molar-refractivity contribution in [2.45, 2.75) is 0 Å². The van der Waals surface area contributed by atoms with E-state index in [1.165, 1.54) is 0 Å². The van der Waals surface area contributed by atoms with Crippen LogP contribution < -0.4 is 9.64 Å². The predicted octanol–water partition coefficient (Wildman–Crippen LogP) is 1.55. The lowest BCUT2D eigenvalue weighted by Gasteiger charge is -2.34. The number of anilines is 1. The lowest BCUT2D eigenvalue weighted by atomic mass is 10.2. The normalized spacial score (nSPS) is 15.2. The van der Waals surface area contributed by atoms with Crippen molar-refractivity contribution in [1.82, 2.24) is 14.9 Å². The van der Waals surface area contributed by atoms with Gasteiger partial charge in [-0.15, -0.1) is 0 Å². The highest BCUT2D eigenvalue weighted by molar-refractivity contribution is 5.42. The Bertz CT molecular complexity index is 662. The van der Waals surface area contributed by atoms with Crippen molar-refractivity contribution in [3.05, 3.63) is 48.3 Å². The minimum Gasteiger partial charge on any atom is -0.491 e. The third-order valence-corrected chi connectivity index (χ3v) is 3.88. The molecule has 1 saturated heterocycles. The van der Waals surface area contributed by atoms with Crippen LogP contribution in [0.15, 0.2) is 42.7 Å². The molecule has 1 aromatic heterocycles. The molecule has 2 aromatic rings. The summed E-state index contributed by atoms with van der Waals surface area (Å²) in [5.74, 6) is 1.46. The fraction of sp³-hybridized carbons (Fsp3) is 0.353. The molecule has 6 heteroatoms. The number of ether oxygens (including phenoxy) is 1. The Morgan fingerprint density at radius 1 is 1.04 bits per heavy atom. The van der Waals surface area contributed by atoms with E-state index in [0.717, 1.165) is 38.7 Å². The van der Waals surface area contributed by atoms with Gasteiger partial charge in [0.2, 0.25) is 5.95 Å². The van der Waals surface area contributed by atoms with Crippen molar-refractivity contribution in [2.75, 3.05) is 44.2 Å². The summed E-state index contributed by atoms with van der Waals surface area (Å²) >= 11 is 0. The van der Waals surface area contributed by atoms with Crippen LogP contribution in [-0.2, 0) is 0 Å². The molecule has 0 N–H and O–H groups in total. The molecule has 0 spiro atoms. The molecule has 1 fully saturated rings. The molecule has 0 bridgehead atoms. The number of para-hydroxylation sites is 1. The van der Waals surface area contributed by atoms with Crippen LogP contribution in [0.25, 0.3) is 0 Å². The van der Waals surface area contributed by atoms with E-state index in [2.05, 4.69) is 25.8 Å². The molecule has 1 aliphatic heterocycles. The topological polar surface area (TPSA) is 65.3 Å². The fourth-order valence-electron chi connectivity index (χ4n) is 2.60. The van der Waals surface area contributed by atoms with Gasteiger partial charge in [-0.05, 0) is 18.2 Å². The SMILES string of the molecule is N#Cc1ccccc1OCCN1CCN(c2ncccn2)CC1. The van der Waals surface area contributed by atoms with Gasteiger partial charge in [-0.25, -0.2) is 9.97 Å². The van der Waals surface area contributed by atoms with Crippen LogP contribution in [0.1, 0.15) is 5.56 Å². The van der Waals surface area contributed by atoms with Gasteiger partial charge in [0.1, 0.15) is 18.4 Å². The van der Waals surface area contributed by atoms with Crippen molar-refractivity contribution in [1.29, 1.82) is 5.26 Å². The molecule has 1 aromatic carbocycles. The van der Waals surface area contributed by atoms with E-state index in [4.69, 9.17) is 10.00 Å². The summed E-state index contributed by atoms with van der Waals surface area (Å²) in [6.07, 6.45) is 3.55. The van der Waals surface area contributed by atoms with E-state index >= 15 is 0 Å². The van der Waals surface area contributed by atoms with E-state index in [9.17, 15) is 0 Å². The molecule has 1 aliphatic rings. The van der Waals surface area contributed by atoms with E-state index in [0.29, 0.717) is 17.9 Å². The smallest absolute Gasteiger partial charge is 0.225 e. The number of aromatic nitrogens is 2. The molecule has 0 saturated carbocycles. The second-order valence-electron chi connectivity index (χ2n) is 5.33. The van der Waals surface area contributed by atoms with Crippen LogP contribution in [0.3, 0.4) is 0 Å². The number of rotatable bonds is 5. The summed E-state index contributed by atoms with van der Waals surface area (Å²) in [6.45, 7) is 5.18. The van der Waals surface area contributed by atoms with Gasteiger partial charge in [0.25, 0.3) is 0 Å². The molecular formula is C17H19N5O. The lowest BCUT2D eigenvalue weighted by Crippen LogP contribution is -2.48. The Labute approximate surface area is 136 Å². The number of benzene rings is 1. The number of hydrogen-bond donors (Lipinski definition) is 0. The Balaban J connectivity index is 1.44. The van der Waals surface area contributed by atoms with E-state index < -0.39 is 0 Å². The second-order valence-corrected chi connectivity index (χ2v) is 5.33. The first-order chi connectivity index (χ1) is 11.4. The maximum absolute atomic E-state index is 9.05. The standard InChI is InChI=1S/C17H19N5O/c18-14-15-4-1-2-5-16(15)23-13-12-21-8-10-22(11-9-21)17-19-6-3-7-20-17/h1-7H,8-13H2. The maximum atomic E-state index is 9.05. The molecule has 6 nitrogen and oxygen atoms in total. The van der Waals surface area contributed by atoms with E-state index in [-0.39, 0.29) is 0 Å². The summed E-state index contributed by atoms with van der Waals surface area (Å²) in [7, 11) is 0. The zero-order chi connectivity index (χ0) is 15.9. The third-order valence-electron chi connectivity index (χ3n) is 3.88. The molecule has 0 radical (unpaired) electrons. The third kappa shape index (κ3) is 3.96. The molecule has 0 amide bonds. The predicted molar refractivity (Wildman–Crippen MR) is 87.3 cm³/mol. The molecule has 23 heavy (non-hydrogen) atoms. The van der Waals surface area contributed by atoms with Crippen LogP contribution >= 0.6 is 0 Å². The van der Waals surface area contributed by atoms with Gasteiger partial charge in [0.15, 0.2) is 0 Å². The highest BCUT2D eigenvalue weighted by atomic mass is 16.5. The van der Waals surface area contributed by atoms with Gasteiger partial charge < -0.3 is 9.64 Å². The summed E-state index contributed by atoms with van der Waals surface area (Å²) in [5, 5.41) is 9.05. The van der Waals surface area contributed by atoms with Gasteiger partial charge in [-0.3, -0.25) is 4.90 Å². The summed E-state index contributed by atoms with van der Waals surface area (Å²) < 4.78 is 5.74. The molecule has 118 valence electrons. The number of nitrogens with zero attached hydrogens (tertiary/aromatic N) is 5. The van der Waals surface area contributed by atoms with Gasteiger partial charge in [-0.1, -0.05) is 12.1 Å². The summed E-state index contributed by atoms with van der Waals surface area (Å²) in [5.41, 5.74) is 0.582. The van der Waals surface area contributed by atoms with Gasteiger partial charge in [0, 0.05) is 45.1 Å². The lowest BCUT2D eigenvalue weighted by molar-refractivity contribution is 0.200. The zero-order valence-electron chi connectivity index (χ0n) is 12.9. The monoisotopic (exact) mass is 309 g/mol. The van der Waals surface area contributed by atoms with Crippen molar-refractivity contribution in [3.8, 4) is 11.8 Å². The number of nitriles is 1. The zero-order valence-corrected chi connectivity index (χ0v) is 12.9. The highest BCUT2D eigenvalue weighted by Crippen LogP contribution is 2.16. The Hall–Kier alpha value is -2.65. The van der Waals surface area contributed by atoms with Crippen molar-refractivity contribution in [3.63, 3.8) is 0 Å². The fourth-order valence-corrected chi connectivity index (χ4v) is 2.60. The van der Waals surface area contributed by atoms with Crippen molar-refractivity contribution < 1.29 is 4.74 Å².